The van der Waals surface area contributed by atoms with Gasteiger partial charge in [0.2, 0.25) is 0 Å². The van der Waals surface area contributed by atoms with Crippen molar-refractivity contribution in [1.82, 2.24) is 10.3 Å². The zero-order valence-electron chi connectivity index (χ0n) is 7.63. The molecule has 3 heteroatoms. The van der Waals surface area contributed by atoms with Gasteiger partial charge in [0.25, 0.3) is 0 Å². The van der Waals surface area contributed by atoms with E-state index in [0.29, 0.717) is 0 Å². The van der Waals surface area contributed by atoms with Crippen molar-refractivity contribution in [3.05, 3.63) is 28.5 Å². The van der Waals surface area contributed by atoms with E-state index in [2.05, 4.69) is 33.2 Å². The summed E-state index contributed by atoms with van der Waals surface area (Å²) in [6, 6.07) is 6.74. The summed E-state index contributed by atoms with van der Waals surface area (Å²) < 4.78 is 0.913. The van der Waals surface area contributed by atoms with E-state index in [9.17, 15) is 0 Å². The molecule has 2 rings (SSSR count). The van der Waals surface area contributed by atoms with Crippen molar-refractivity contribution in [2.24, 2.45) is 5.92 Å². The van der Waals surface area contributed by atoms with Crippen LogP contribution in [0.3, 0.4) is 0 Å². The van der Waals surface area contributed by atoms with Gasteiger partial charge >= 0.3 is 0 Å². The Morgan fingerprint density at radius 2 is 2.38 bits per heavy atom. The maximum atomic E-state index is 4.35. The summed E-state index contributed by atoms with van der Waals surface area (Å²) in [6.45, 7) is 3.15. The van der Waals surface area contributed by atoms with E-state index in [-0.39, 0.29) is 0 Å². The molecule has 2 nitrogen and oxygen atoms in total. The van der Waals surface area contributed by atoms with Crippen molar-refractivity contribution in [1.29, 1.82) is 0 Å². The molecule has 2 atom stereocenters. The topological polar surface area (TPSA) is 24.9 Å². The number of rotatable bonds is 3. The van der Waals surface area contributed by atoms with E-state index < -0.39 is 0 Å². The van der Waals surface area contributed by atoms with Crippen LogP contribution in [0.5, 0.6) is 0 Å². The van der Waals surface area contributed by atoms with Crippen LogP contribution in [0, 0.1) is 5.92 Å². The van der Waals surface area contributed by atoms with Crippen LogP contribution in [-0.4, -0.2) is 11.0 Å². The average Bonchev–Trinajstić information content (AvgIpc) is 2.79. The lowest BCUT2D eigenvalue weighted by atomic mass is 10.3. The normalized spacial score (nSPS) is 26.0. The summed E-state index contributed by atoms with van der Waals surface area (Å²) in [7, 11) is 0. The zero-order valence-corrected chi connectivity index (χ0v) is 9.21. The van der Waals surface area contributed by atoms with Crippen molar-refractivity contribution in [3.63, 3.8) is 0 Å². The number of hydrogen-bond donors (Lipinski definition) is 1. The first kappa shape index (κ1) is 9.16. The largest absolute Gasteiger partial charge is 0.308 e. The lowest BCUT2D eigenvalue weighted by Crippen LogP contribution is -2.17. The molecule has 1 fully saturated rings. The van der Waals surface area contributed by atoms with Gasteiger partial charge in [0.15, 0.2) is 0 Å². The van der Waals surface area contributed by atoms with Gasteiger partial charge in [-0.3, -0.25) is 0 Å². The van der Waals surface area contributed by atoms with Crippen molar-refractivity contribution in [2.75, 3.05) is 0 Å². The monoisotopic (exact) mass is 240 g/mol. The number of halogens is 1. The van der Waals surface area contributed by atoms with E-state index in [4.69, 9.17) is 0 Å². The van der Waals surface area contributed by atoms with Crippen LogP contribution in [-0.2, 0) is 6.54 Å². The number of nitrogens with zero attached hydrogens (tertiary/aromatic N) is 1. The van der Waals surface area contributed by atoms with Crippen molar-refractivity contribution < 1.29 is 0 Å². The number of aromatic nitrogens is 1. The van der Waals surface area contributed by atoms with Gasteiger partial charge in [0.1, 0.15) is 4.60 Å². The molecular weight excluding hydrogens is 228 g/mol. The Hall–Kier alpha value is -0.410. The van der Waals surface area contributed by atoms with Crippen LogP contribution in [0.25, 0.3) is 0 Å². The Morgan fingerprint density at radius 1 is 1.62 bits per heavy atom. The minimum Gasteiger partial charge on any atom is -0.308 e. The first-order valence-electron chi connectivity index (χ1n) is 4.60. The molecule has 0 saturated heterocycles. The van der Waals surface area contributed by atoms with E-state index in [0.717, 1.165) is 28.8 Å². The minimum atomic E-state index is 0.723. The van der Waals surface area contributed by atoms with Gasteiger partial charge in [-0.15, -0.1) is 0 Å². The standard InChI is InChI=1S/C10H13BrN2/c1-7-5-9(7)12-6-8-3-2-4-10(11)13-8/h2-4,7,9,12H,5-6H2,1H3. The third kappa shape index (κ3) is 2.51. The Balaban J connectivity index is 1.87. The highest BCUT2D eigenvalue weighted by Gasteiger charge is 2.31. The number of pyridine rings is 1. The second kappa shape index (κ2) is 3.76. The van der Waals surface area contributed by atoms with Gasteiger partial charge in [-0.1, -0.05) is 13.0 Å². The number of hydrogen-bond acceptors (Lipinski definition) is 2. The summed E-state index contributed by atoms with van der Waals surface area (Å²) in [5.74, 6) is 0.854. The van der Waals surface area contributed by atoms with Gasteiger partial charge in [-0.2, -0.15) is 0 Å². The van der Waals surface area contributed by atoms with Crippen molar-refractivity contribution >= 4 is 15.9 Å². The molecule has 1 aliphatic carbocycles. The Labute approximate surface area is 86.9 Å². The molecule has 0 bridgehead atoms. The molecule has 1 N–H and O–H groups in total. The Kier molecular flexibility index (Phi) is 2.65. The van der Waals surface area contributed by atoms with Gasteiger partial charge < -0.3 is 5.32 Å². The first-order chi connectivity index (χ1) is 6.25. The predicted molar refractivity (Wildman–Crippen MR) is 56.3 cm³/mol. The van der Waals surface area contributed by atoms with E-state index in [1.54, 1.807) is 0 Å². The Bertz CT molecular complexity index is 301. The van der Waals surface area contributed by atoms with Crippen LogP contribution in [0.4, 0.5) is 0 Å². The molecule has 0 aromatic carbocycles. The predicted octanol–water partition coefficient (Wildman–Crippen LogP) is 2.34. The maximum absolute atomic E-state index is 4.35. The van der Waals surface area contributed by atoms with Gasteiger partial charge in [-0.05, 0) is 40.4 Å². The minimum absolute atomic E-state index is 0.723. The molecule has 70 valence electrons. The summed E-state index contributed by atoms with van der Waals surface area (Å²) >= 11 is 3.36. The molecule has 1 aromatic rings. The molecule has 1 saturated carbocycles. The molecule has 0 radical (unpaired) electrons. The van der Waals surface area contributed by atoms with Crippen LogP contribution >= 0.6 is 15.9 Å². The van der Waals surface area contributed by atoms with Gasteiger partial charge in [0.05, 0.1) is 5.69 Å². The summed E-state index contributed by atoms with van der Waals surface area (Å²) in [5, 5.41) is 3.47. The molecule has 2 unspecified atom stereocenters. The molecule has 1 aromatic heterocycles. The lowest BCUT2D eigenvalue weighted by Gasteiger charge is -2.02. The second-order valence-electron chi connectivity index (χ2n) is 3.65. The van der Waals surface area contributed by atoms with Crippen molar-refractivity contribution in [3.8, 4) is 0 Å². The SMILES string of the molecule is CC1CC1NCc1cccc(Br)n1. The van der Waals surface area contributed by atoms with Crippen LogP contribution in [0.1, 0.15) is 19.0 Å². The fourth-order valence-corrected chi connectivity index (χ4v) is 1.77. The van der Waals surface area contributed by atoms with Crippen LogP contribution in [0.2, 0.25) is 0 Å². The molecule has 0 amide bonds. The smallest absolute Gasteiger partial charge is 0.106 e. The number of nitrogens with one attached hydrogen (secondary N) is 1. The van der Waals surface area contributed by atoms with E-state index in [1.807, 2.05) is 18.2 Å². The molecule has 13 heavy (non-hydrogen) atoms. The maximum Gasteiger partial charge on any atom is 0.106 e. The fraction of sp³-hybridized carbons (Fsp3) is 0.500. The zero-order chi connectivity index (χ0) is 9.26. The van der Waals surface area contributed by atoms with Crippen LogP contribution in [0.15, 0.2) is 22.8 Å². The summed E-state index contributed by atoms with van der Waals surface area (Å²) in [6.07, 6.45) is 1.31. The third-order valence-electron chi connectivity index (χ3n) is 2.43. The molecule has 1 aliphatic rings. The van der Waals surface area contributed by atoms with E-state index in [1.165, 1.54) is 6.42 Å². The highest BCUT2D eigenvalue weighted by atomic mass is 79.9. The average molecular weight is 241 g/mol. The summed E-state index contributed by atoms with van der Waals surface area (Å²) in [5.41, 5.74) is 1.11. The molecular formula is C10H13BrN2. The summed E-state index contributed by atoms with van der Waals surface area (Å²) in [4.78, 5) is 4.35. The lowest BCUT2D eigenvalue weighted by molar-refractivity contribution is 0.641. The molecule has 0 spiro atoms. The fourth-order valence-electron chi connectivity index (χ4n) is 1.39. The molecule has 0 aliphatic heterocycles. The van der Waals surface area contributed by atoms with Gasteiger partial charge in [0, 0.05) is 12.6 Å². The van der Waals surface area contributed by atoms with Gasteiger partial charge in [-0.25, -0.2) is 4.98 Å². The van der Waals surface area contributed by atoms with E-state index >= 15 is 0 Å². The highest BCUT2D eigenvalue weighted by molar-refractivity contribution is 9.10. The van der Waals surface area contributed by atoms with Crippen LogP contribution < -0.4 is 5.32 Å². The Morgan fingerprint density at radius 3 is 3.00 bits per heavy atom. The van der Waals surface area contributed by atoms with Crippen molar-refractivity contribution in [2.45, 2.75) is 25.9 Å². The first-order valence-corrected chi connectivity index (χ1v) is 5.40. The second-order valence-corrected chi connectivity index (χ2v) is 4.46. The highest BCUT2D eigenvalue weighted by Crippen LogP contribution is 2.29. The third-order valence-corrected chi connectivity index (χ3v) is 2.87. The molecule has 1 heterocycles. The quantitative estimate of drug-likeness (QED) is 0.821.